The van der Waals surface area contributed by atoms with Gasteiger partial charge in [-0.05, 0) is 12.8 Å². The number of hydrogen-bond donors (Lipinski definition) is 0. The molecule has 0 aliphatic carbocycles. The molecule has 0 heterocycles. The molecule has 0 saturated carbocycles. The molecule has 156 valence electrons. The summed E-state index contributed by atoms with van der Waals surface area (Å²) in [4.78, 5) is 10.3. The number of carbonyl (C=O) groups is 1. The van der Waals surface area contributed by atoms with Crippen LogP contribution >= 0.6 is 0 Å². The fourth-order valence-corrected chi connectivity index (χ4v) is 3.70. The number of hydrogen-bond acceptors (Lipinski definition) is 2. The smallest absolute Gasteiger partial charge is 0.550 e. The second-order valence-corrected chi connectivity index (χ2v) is 8.19. The predicted molar refractivity (Wildman–Crippen MR) is 112 cm³/mol. The number of rotatable bonds is 22. The standard InChI is InChI=1S/C24H48O2.Cs/c1-2-3-4-5-6-7-8-9-10-11-12-13-14-15-16-17-18-19-20-21-22-23-24(25)26;/h2-23H2,1H3,(H,25,26);/q;+1/p-1. The van der Waals surface area contributed by atoms with E-state index in [9.17, 15) is 9.90 Å². The first-order chi connectivity index (χ1) is 12.8. The summed E-state index contributed by atoms with van der Waals surface area (Å²) in [6.07, 6.45) is 28.7. The molecular formula is C24H47CsO2. The monoisotopic (exact) mass is 500 g/mol. The van der Waals surface area contributed by atoms with Gasteiger partial charge >= 0.3 is 68.9 Å². The second kappa shape index (κ2) is 27.5. The molecule has 0 radical (unpaired) electrons. The molecule has 0 saturated heterocycles. The third-order valence-corrected chi connectivity index (χ3v) is 5.48. The molecule has 3 heteroatoms. The Morgan fingerprint density at radius 1 is 0.481 bits per heavy atom. The van der Waals surface area contributed by atoms with Gasteiger partial charge in [0.1, 0.15) is 0 Å². The van der Waals surface area contributed by atoms with Crippen LogP contribution in [0.15, 0.2) is 0 Å². The van der Waals surface area contributed by atoms with Crippen molar-refractivity contribution in [3.63, 3.8) is 0 Å². The van der Waals surface area contributed by atoms with E-state index in [0.29, 0.717) is 0 Å². The third-order valence-electron chi connectivity index (χ3n) is 5.48. The molecule has 0 spiro atoms. The Balaban J connectivity index is 0. The van der Waals surface area contributed by atoms with Crippen LogP contribution in [-0.2, 0) is 4.79 Å². The number of carboxylic acids is 1. The Morgan fingerprint density at radius 2 is 0.704 bits per heavy atom. The van der Waals surface area contributed by atoms with Gasteiger partial charge in [0.05, 0.1) is 0 Å². The van der Waals surface area contributed by atoms with Gasteiger partial charge in [-0.3, -0.25) is 0 Å². The SMILES string of the molecule is CCCCCCCCCCCCCCCCCCCCCCCC(=O)[O-].[Cs+]. The van der Waals surface area contributed by atoms with Gasteiger partial charge in [0.15, 0.2) is 0 Å². The fourth-order valence-electron chi connectivity index (χ4n) is 3.70. The first-order valence-electron chi connectivity index (χ1n) is 12.0. The summed E-state index contributed by atoms with van der Waals surface area (Å²) >= 11 is 0. The normalized spacial score (nSPS) is 10.7. The predicted octanol–water partition coefficient (Wildman–Crippen LogP) is 4.34. The van der Waals surface area contributed by atoms with Crippen LogP contribution in [0.1, 0.15) is 148 Å². The molecule has 0 amide bonds. The number of carbonyl (C=O) groups excluding carboxylic acids is 1. The van der Waals surface area contributed by atoms with Crippen LogP contribution in [0.4, 0.5) is 0 Å². The van der Waals surface area contributed by atoms with Crippen LogP contribution in [0, 0.1) is 0 Å². The van der Waals surface area contributed by atoms with E-state index in [0.717, 1.165) is 12.8 Å². The van der Waals surface area contributed by atoms with E-state index in [1.165, 1.54) is 122 Å². The van der Waals surface area contributed by atoms with E-state index in [2.05, 4.69) is 6.92 Å². The summed E-state index contributed by atoms with van der Waals surface area (Å²) in [5, 5.41) is 10.3. The molecule has 0 aromatic rings. The van der Waals surface area contributed by atoms with E-state index in [1.807, 2.05) is 0 Å². The van der Waals surface area contributed by atoms with Gasteiger partial charge in [0.2, 0.25) is 0 Å². The minimum atomic E-state index is -0.900. The summed E-state index contributed by atoms with van der Waals surface area (Å²) in [5.41, 5.74) is 0. The van der Waals surface area contributed by atoms with Crippen molar-refractivity contribution in [2.45, 2.75) is 148 Å². The average molecular weight is 501 g/mol. The Morgan fingerprint density at radius 3 is 0.926 bits per heavy atom. The summed E-state index contributed by atoms with van der Waals surface area (Å²) in [6.45, 7) is 2.29. The third kappa shape index (κ3) is 29.8. The largest absolute Gasteiger partial charge is 1.00 e. The molecule has 0 atom stereocenters. The fraction of sp³-hybridized carbons (Fsp3) is 0.958. The zero-order chi connectivity index (χ0) is 19.1. The maximum absolute atomic E-state index is 10.3. The summed E-state index contributed by atoms with van der Waals surface area (Å²) in [7, 11) is 0. The van der Waals surface area contributed by atoms with E-state index < -0.39 is 5.97 Å². The Bertz CT molecular complexity index is 282. The number of carboxylic acid groups (broad SMARTS) is 1. The molecular weight excluding hydrogens is 453 g/mol. The molecule has 0 aliphatic heterocycles. The topological polar surface area (TPSA) is 40.1 Å². The summed E-state index contributed by atoms with van der Waals surface area (Å²) in [5.74, 6) is -0.900. The molecule has 0 fully saturated rings. The number of aliphatic carboxylic acids is 1. The van der Waals surface area contributed by atoms with Crippen molar-refractivity contribution in [2.75, 3.05) is 0 Å². The van der Waals surface area contributed by atoms with Crippen molar-refractivity contribution in [1.29, 1.82) is 0 Å². The van der Waals surface area contributed by atoms with Crippen LogP contribution in [-0.4, -0.2) is 5.97 Å². The van der Waals surface area contributed by atoms with Crippen LogP contribution < -0.4 is 74.0 Å². The van der Waals surface area contributed by atoms with Gasteiger partial charge in [-0.2, -0.15) is 0 Å². The van der Waals surface area contributed by atoms with Crippen molar-refractivity contribution in [2.24, 2.45) is 0 Å². The van der Waals surface area contributed by atoms with E-state index in [4.69, 9.17) is 0 Å². The Hall–Kier alpha value is 1.52. The van der Waals surface area contributed by atoms with Crippen LogP contribution in [0.2, 0.25) is 0 Å². The average Bonchev–Trinajstić information content (AvgIpc) is 2.62. The van der Waals surface area contributed by atoms with Gasteiger partial charge in [-0.1, -0.05) is 135 Å². The molecule has 0 aromatic carbocycles. The van der Waals surface area contributed by atoms with Gasteiger partial charge in [0, 0.05) is 5.97 Å². The molecule has 2 nitrogen and oxygen atoms in total. The van der Waals surface area contributed by atoms with Gasteiger partial charge in [-0.25, -0.2) is 0 Å². The molecule has 0 unspecified atom stereocenters. The van der Waals surface area contributed by atoms with Gasteiger partial charge in [-0.15, -0.1) is 0 Å². The van der Waals surface area contributed by atoms with Crippen molar-refractivity contribution >= 4 is 5.97 Å². The van der Waals surface area contributed by atoms with Crippen molar-refractivity contribution in [3.05, 3.63) is 0 Å². The summed E-state index contributed by atoms with van der Waals surface area (Å²) < 4.78 is 0. The first-order valence-corrected chi connectivity index (χ1v) is 12.0. The van der Waals surface area contributed by atoms with Gasteiger partial charge in [0.25, 0.3) is 0 Å². The Kier molecular flexibility index (Phi) is 31.3. The van der Waals surface area contributed by atoms with Crippen LogP contribution in [0.25, 0.3) is 0 Å². The van der Waals surface area contributed by atoms with Crippen molar-refractivity contribution < 1.29 is 78.8 Å². The van der Waals surface area contributed by atoms with Crippen molar-refractivity contribution in [3.8, 4) is 0 Å². The molecule has 0 aliphatic rings. The maximum Gasteiger partial charge on any atom is 1.00 e. The molecule has 0 rings (SSSR count). The van der Waals surface area contributed by atoms with Crippen LogP contribution in [0.3, 0.4) is 0 Å². The molecule has 0 N–H and O–H groups in total. The van der Waals surface area contributed by atoms with Crippen LogP contribution in [0.5, 0.6) is 0 Å². The van der Waals surface area contributed by atoms with Crippen molar-refractivity contribution in [1.82, 2.24) is 0 Å². The van der Waals surface area contributed by atoms with Gasteiger partial charge < -0.3 is 9.90 Å². The zero-order valence-corrected chi connectivity index (χ0v) is 25.2. The summed E-state index contributed by atoms with van der Waals surface area (Å²) in [6, 6.07) is 0. The minimum Gasteiger partial charge on any atom is -0.550 e. The van der Waals surface area contributed by atoms with E-state index >= 15 is 0 Å². The quantitative estimate of drug-likeness (QED) is 0.208. The second-order valence-electron chi connectivity index (χ2n) is 8.19. The maximum atomic E-state index is 10.3. The molecule has 0 bridgehead atoms. The molecule has 0 aromatic heterocycles. The van der Waals surface area contributed by atoms with E-state index in [-0.39, 0.29) is 75.3 Å². The minimum absolute atomic E-state index is 0. The molecule has 27 heavy (non-hydrogen) atoms. The number of unbranched alkanes of at least 4 members (excludes halogenated alkanes) is 20. The van der Waals surface area contributed by atoms with E-state index in [1.54, 1.807) is 0 Å². The first kappa shape index (κ1) is 30.7. The zero-order valence-electron chi connectivity index (χ0n) is 18.9. The Labute approximate surface area is 229 Å².